The van der Waals surface area contributed by atoms with Crippen LogP contribution in [0.25, 0.3) is 0 Å². The number of rotatable bonds is 17. The standard InChI is InChI=1S/C59H59N7O8S/c1-58(2,3)73-57(70)65-33-19-30-47(37-65)61-55(60)66-35-42-31-32-48(34-43(42)36-66)71-38-50(54(69)72-52(40-20-9-4-10-21-40)41-22-11-5-12-23-41)74-64-51(53(67)68)49-39-75-56(62-49)63-59(44-24-13-6-14-25-44,45-26-15-7-16-27-45)46-28-17-8-18-29-46/h4-18,20-29,31-32,34,39,47,50,52H,19,30,33,35-38H2,1-3H3,(H2,60,61)(H,62,63)(H,67,68)/b64-51-/t47-,50+/m1/s1. The number of fused-ring (bicyclic) bond motifs is 1. The summed E-state index contributed by atoms with van der Waals surface area (Å²) in [5.41, 5.74) is 10.7. The Hall–Kier alpha value is -8.50. The second-order valence-electron chi connectivity index (χ2n) is 19.3. The number of carboxylic acid groups (broad SMARTS) is 1. The van der Waals surface area contributed by atoms with Crippen molar-refractivity contribution >= 4 is 46.2 Å². The molecule has 1 amide bonds. The molecule has 0 saturated carbocycles. The maximum atomic E-state index is 14.5. The second kappa shape index (κ2) is 23.1. The minimum Gasteiger partial charge on any atom is -0.489 e. The van der Waals surface area contributed by atoms with Gasteiger partial charge in [-0.05, 0) is 84.7 Å². The summed E-state index contributed by atoms with van der Waals surface area (Å²) in [6, 6.07) is 53.8. The summed E-state index contributed by atoms with van der Waals surface area (Å²) < 4.78 is 18.1. The van der Waals surface area contributed by atoms with Crippen LogP contribution in [-0.4, -0.2) is 87.0 Å². The first kappa shape index (κ1) is 51.4. The van der Waals surface area contributed by atoms with Gasteiger partial charge in [-0.15, -0.1) is 11.3 Å². The molecule has 384 valence electrons. The SMILES string of the molecule is CC(C)(C)OC(=O)N1CCC[C@@H](N=C(N)N2Cc3ccc(OC[C@H](O/N=C(\C(=O)O)c4csc(NC(c5ccccc5)(c5ccccc5)c5ccccc5)n4)C(=O)OC(c4ccccc4)c4ccccc4)cc3C2)C1. The van der Waals surface area contributed by atoms with Crippen molar-refractivity contribution in [2.45, 2.75) is 76.1 Å². The smallest absolute Gasteiger partial charge is 0.410 e. The molecule has 2 atom stereocenters. The number of likely N-dealkylation sites (tertiary alicyclic amines) is 1. The third kappa shape index (κ3) is 12.5. The summed E-state index contributed by atoms with van der Waals surface area (Å²) in [5, 5.41) is 20.4. The molecule has 0 bridgehead atoms. The highest BCUT2D eigenvalue weighted by atomic mass is 32.1. The number of hydrogen-bond acceptors (Lipinski definition) is 12. The molecular formula is C59H59N7O8S. The molecule has 1 aromatic heterocycles. The van der Waals surface area contributed by atoms with Crippen LogP contribution in [0.5, 0.6) is 5.75 Å². The van der Waals surface area contributed by atoms with E-state index in [0.29, 0.717) is 54.1 Å². The molecule has 0 unspecified atom stereocenters. The Morgan fingerprint density at radius 3 is 1.89 bits per heavy atom. The number of aromatic nitrogens is 1. The first-order valence-electron chi connectivity index (χ1n) is 24.8. The van der Waals surface area contributed by atoms with Gasteiger partial charge in [0.2, 0.25) is 5.71 Å². The number of aliphatic carboxylic acids is 1. The van der Waals surface area contributed by atoms with Crippen molar-refractivity contribution in [2.24, 2.45) is 15.9 Å². The van der Waals surface area contributed by atoms with E-state index in [1.54, 1.807) is 16.3 Å². The molecule has 3 heterocycles. The van der Waals surface area contributed by atoms with Gasteiger partial charge in [-0.2, -0.15) is 0 Å². The van der Waals surface area contributed by atoms with Crippen LogP contribution in [0, 0.1) is 0 Å². The molecule has 0 spiro atoms. The average molecular weight is 1030 g/mol. The Labute approximate surface area is 440 Å². The van der Waals surface area contributed by atoms with Crippen LogP contribution in [0.2, 0.25) is 0 Å². The zero-order chi connectivity index (χ0) is 52.4. The lowest BCUT2D eigenvalue weighted by molar-refractivity contribution is -0.163. The highest BCUT2D eigenvalue weighted by molar-refractivity contribution is 7.14. The number of nitrogens with two attached hydrogens (primary N) is 1. The van der Waals surface area contributed by atoms with E-state index in [4.69, 9.17) is 34.8 Å². The number of hydrogen-bond donors (Lipinski definition) is 3. The molecule has 2 aliphatic heterocycles. The van der Waals surface area contributed by atoms with Crippen molar-refractivity contribution in [1.29, 1.82) is 0 Å². The predicted molar refractivity (Wildman–Crippen MR) is 288 cm³/mol. The molecule has 75 heavy (non-hydrogen) atoms. The van der Waals surface area contributed by atoms with E-state index in [9.17, 15) is 19.5 Å². The van der Waals surface area contributed by atoms with Gasteiger partial charge in [-0.25, -0.2) is 24.4 Å². The van der Waals surface area contributed by atoms with Crippen LogP contribution >= 0.6 is 11.3 Å². The molecule has 0 radical (unpaired) electrons. The number of carbonyl (C=O) groups excluding carboxylic acids is 2. The summed E-state index contributed by atoms with van der Waals surface area (Å²) in [5.74, 6) is -1.48. The van der Waals surface area contributed by atoms with Crippen molar-refractivity contribution in [2.75, 3.05) is 25.0 Å². The maximum absolute atomic E-state index is 14.5. The number of amides is 1. The zero-order valence-electron chi connectivity index (χ0n) is 42.0. The number of carboxylic acids is 1. The van der Waals surface area contributed by atoms with E-state index in [1.165, 1.54) is 11.3 Å². The third-order valence-electron chi connectivity index (χ3n) is 12.8. The van der Waals surface area contributed by atoms with E-state index >= 15 is 0 Å². The Kier molecular flexibility index (Phi) is 15.9. The fourth-order valence-corrected chi connectivity index (χ4v) is 9.98. The first-order valence-corrected chi connectivity index (χ1v) is 25.7. The van der Waals surface area contributed by atoms with Crippen molar-refractivity contribution in [3.8, 4) is 5.75 Å². The molecular weight excluding hydrogens is 967 g/mol. The molecule has 2 aliphatic rings. The number of guanidine groups is 1. The van der Waals surface area contributed by atoms with Gasteiger partial charge < -0.3 is 45.0 Å². The van der Waals surface area contributed by atoms with Gasteiger partial charge in [0.05, 0.1) is 6.04 Å². The highest BCUT2D eigenvalue weighted by Gasteiger charge is 2.38. The van der Waals surface area contributed by atoms with Crippen LogP contribution in [0.3, 0.4) is 0 Å². The molecule has 9 rings (SSSR count). The minimum atomic E-state index is -1.55. The van der Waals surface area contributed by atoms with Gasteiger partial charge in [-0.3, -0.25) is 0 Å². The number of piperidine rings is 1. The van der Waals surface area contributed by atoms with E-state index < -0.39 is 47.6 Å². The minimum absolute atomic E-state index is 0.00686. The molecule has 6 aromatic carbocycles. The number of aliphatic imine (C=N–C) groups is 1. The van der Waals surface area contributed by atoms with E-state index in [-0.39, 0.29) is 17.8 Å². The number of anilines is 1. The molecule has 4 N–H and O–H groups in total. The van der Waals surface area contributed by atoms with Crippen molar-refractivity contribution in [3.05, 3.63) is 220 Å². The number of benzene rings is 6. The van der Waals surface area contributed by atoms with E-state index in [0.717, 1.165) is 40.7 Å². The lowest BCUT2D eigenvalue weighted by Gasteiger charge is -2.36. The number of nitrogens with zero attached hydrogens (tertiary/aromatic N) is 5. The fourth-order valence-electron chi connectivity index (χ4n) is 9.23. The molecule has 0 aliphatic carbocycles. The summed E-state index contributed by atoms with van der Waals surface area (Å²) in [6.07, 6.45) is -1.17. The van der Waals surface area contributed by atoms with Gasteiger partial charge in [0.25, 0.3) is 6.10 Å². The second-order valence-corrected chi connectivity index (χ2v) is 20.2. The van der Waals surface area contributed by atoms with Crippen LogP contribution in [0.4, 0.5) is 9.93 Å². The molecule has 7 aromatic rings. The summed E-state index contributed by atoms with van der Waals surface area (Å²) in [6.45, 7) is 7.11. The monoisotopic (exact) mass is 1030 g/mol. The summed E-state index contributed by atoms with van der Waals surface area (Å²) in [4.78, 5) is 59.6. The Balaban J connectivity index is 0.965. The summed E-state index contributed by atoms with van der Waals surface area (Å²) in [7, 11) is 0. The van der Waals surface area contributed by atoms with Crippen LogP contribution in [0.1, 0.15) is 84.4 Å². The number of esters is 1. The molecule has 15 nitrogen and oxygen atoms in total. The molecule has 1 fully saturated rings. The number of ether oxygens (including phenoxy) is 3. The normalized spacial score (nSPS) is 15.4. The Morgan fingerprint density at radius 2 is 1.33 bits per heavy atom. The third-order valence-corrected chi connectivity index (χ3v) is 13.6. The van der Waals surface area contributed by atoms with Crippen molar-refractivity contribution < 1.29 is 38.5 Å². The number of nitrogens with one attached hydrogen (secondary N) is 1. The van der Waals surface area contributed by atoms with Crippen LogP contribution in [-0.2, 0) is 42.5 Å². The lowest BCUT2D eigenvalue weighted by atomic mass is 9.77. The topological polar surface area (TPSA) is 190 Å². The molecule has 16 heteroatoms. The van der Waals surface area contributed by atoms with Gasteiger partial charge >= 0.3 is 18.0 Å². The van der Waals surface area contributed by atoms with Gasteiger partial charge in [0.1, 0.15) is 29.2 Å². The Morgan fingerprint density at radius 1 is 0.773 bits per heavy atom. The zero-order valence-corrected chi connectivity index (χ0v) is 42.8. The van der Waals surface area contributed by atoms with Gasteiger partial charge in [0.15, 0.2) is 17.2 Å². The number of thiazole rings is 1. The quantitative estimate of drug-likeness (QED) is 0.0258. The number of oxime groups is 1. The lowest BCUT2D eigenvalue weighted by Crippen LogP contribution is -2.45. The first-order chi connectivity index (χ1) is 36.3. The predicted octanol–water partition coefficient (Wildman–Crippen LogP) is 10.2. The van der Waals surface area contributed by atoms with E-state index in [1.807, 2.05) is 189 Å². The van der Waals surface area contributed by atoms with Crippen molar-refractivity contribution in [3.63, 3.8) is 0 Å². The van der Waals surface area contributed by atoms with Gasteiger partial charge in [-0.1, -0.05) is 163 Å². The van der Waals surface area contributed by atoms with E-state index in [2.05, 4.69) is 10.5 Å². The number of carbonyl (C=O) groups is 3. The Bertz CT molecular complexity index is 2980. The van der Waals surface area contributed by atoms with Crippen LogP contribution < -0.4 is 15.8 Å². The highest BCUT2D eigenvalue weighted by Crippen LogP contribution is 2.41. The van der Waals surface area contributed by atoms with Crippen molar-refractivity contribution in [1.82, 2.24) is 14.8 Å². The van der Waals surface area contributed by atoms with Gasteiger partial charge in [0, 0.05) is 31.6 Å². The van der Waals surface area contributed by atoms with Crippen LogP contribution in [0.15, 0.2) is 185 Å². The fraction of sp³-hybridized carbons (Fsp3) is 0.254. The molecule has 1 saturated heterocycles. The average Bonchev–Trinajstić information content (AvgIpc) is 4.09. The largest absolute Gasteiger partial charge is 0.489 e. The maximum Gasteiger partial charge on any atom is 0.410 e. The summed E-state index contributed by atoms with van der Waals surface area (Å²) >= 11 is 1.20.